The Morgan fingerprint density at radius 1 is 1.46 bits per heavy atom. The lowest BCUT2D eigenvalue weighted by Gasteiger charge is -2.17. The zero-order valence-electron chi connectivity index (χ0n) is 8.75. The molecule has 0 unspecified atom stereocenters. The van der Waals surface area contributed by atoms with Crippen LogP contribution >= 0.6 is 0 Å². The molecule has 1 aromatic rings. The molecule has 1 rings (SSSR count). The van der Waals surface area contributed by atoms with Crippen molar-refractivity contribution < 1.29 is 0 Å². The molecule has 0 aromatic carbocycles. The van der Waals surface area contributed by atoms with E-state index in [4.69, 9.17) is 5.73 Å². The zero-order chi connectivity index (χ0) is 9.90. The maximum absolute atomic E-state index is 5.47. The highest BCUT2D eigenvalue weighted by Gasteiger charge is 2.09. The lowest BCUT2D eigenvalue weighted by atomic mass is 9.92. The third kappa shape index (κ3) is 3.59. The third-order valence-electron chi connectivity index (χ3n) is 2.00. The quantitative estimate of drug-likeness (QED) is 0.772. The predicted octanol–water partition coefficient (Wildman–Crippen LogP) is 1.78. The van der Waals surface area contributed by atoms with E-state index in [1.807, 2.05) is 16.9 Å². The summed E-state index contributed by atoms with van der Waals surface area (Å²) in [7, 11) is 0. The minimum Gasteiger partial charge on any atom is -0.325 e. The first-order valence-corrected chi connectivity index (χ1v) is 4.74. The Kier molecular flexibility index (Phi) is 3.09. The van der Waals surface area contributed by atoms with Crippen LogP contribution in [-0.4, -0.2) is 9.78 Å². The second kappa shape index (κ2) is 3.92. The molecule has 0 fully saturated rings. The van der Waals surface area contributed by atoms with Gasteiger partial charge in [-0.3, -0.25) is 4.68 Å². The van der Waals surface area contributed by atoms with Crippen molar-refractivity contribution in [3.63, 3.8) is 0 Å². The Morgan fingerprint density at radius 2 is 2.15 bits per heavy atom. The van der Waals surface area contributed by atoms with E-state index in [2.05, 4.69) is 25.9 Å². The summed E-state index contributed by atoms with van der Waals surface area (Å²) in [5.74, 6) is 0. The monoisotopic (exact) mass is 181 g/mol. The number of hydrogen-bond acceptors (Lipinski definition) is 2. The van der Waals surface area contributed by atoms with Crippen molar-refractivity contribution in [2.75, 3.05) is 0 Å². The summed E-state index contributed by atoms with van der Waals surface area (Å²) < 4.78 is 1.97. The van der Waals surface area contributed by atoms with Gasteiger partial charge in [-0.05, 0) is 17.9 Å². The Bertz CT molecular complexity index is 257. The topological polar surface area (TPSA) is 43.8 Å². The molecule has 0 aliphatic heterocycles. The van der Waals surface area contributed by atoms with Crippen molar-refractivity contribution >= 4 is 0 Å². The second-order valence-electron chi connectivity index (χ2n) is 4.58. The van der Waals surface area contributed by atoms with Crippen molar-refractivity contribution in [2.45, 2.75) is 40.3 Å². The molecule has 0 aliphatic carbocycles. The highest BCUT2D eigenvalue weighted by atomic mass is 15.3. The summed E-state index contributed by atoms with van der Waals surface area (Å²) in [5, 5.41) is 4.32. The SMILES string of the molecule is CC(C)(C)CCn1ccc(CN)n1. The van der Waals surface area contributed by atoms with Crippen LogP contribution in [0.4, 0.5) is 0 Å². The summed E-state index contributed by atoms with van der Waals surface area (Å²) in [5.41, 5.74) is 6.81. The van der Waals surface area contributed by atoms with Gasteiger partial charge in [0, 0.05) is 19.3 Å². The molecular weight excluding hydrogens is 162 g/mol. The summed E-state index contributed by atoms with van der Waals surface area (Å²) in [6, 6.07) is 1.97. The van der Waals surface area contributed by atoms with Crippen LogP contribution in [0.5, 0.6) is 0 Å². The molecule has 1 aromatic heterocycles. The normalized spacial score (nSPS) is 12.0. The Balaban J connectivity index is 2.46. The van der Waals surface area contributed by atoms with Gasteiger partial charge in [0.25, 0.3) is 0 Å². The molecule has 0 radical (unpaired) electrons. The molecule has 2 N–H and O–H groups in total. The van der Waals surface area contributed by atoms with Gasteiger partial charge in [0.1, 0.15) is 0 Å². The van der Waals surface area contributed by atoms with Gasteiger partial charge in [0.15, 0.2) is 0 Å². The number of aromatic nitrogens is 2. The average molecular weight is 181 g/mol. The molecule has 0 amide bonds. The average Bonchev–Trinajstić information content (AvgIpc) is 2.47. The lowest BCUT2D eigenvalue weighted by molar-refractivity contribution is 0.340. The predicted molar refractivity (Wildman–Crippen MR) is 54.2 cm³/mol. The molecule has 0 aliphatic rings. The molecule has 0 spiro atoms. The van der Waals surface area contributed by atoms with Crippen LogP contribution in [0.15, 0.2) is 12.3 Å². The first kappa shape index (κ1) is 10.3. The van der Waals surface area contributed by atoms with Gasteiger partial charge in [-0.1, -0.05) is 20.8 Å². The van der Waals surface area contributed by atoms with Crippen LogP contribution in [0.2, 0.25) is 0 Å². The van der Waals surface area contributed by atoms with Crippen molar-refractivity contribution in [1.29, 1.82) is 0 Å². The Labute approximate surface area is 79.9 Å². The Hall–Kier alpha value is -0.830. The molecule has 1 heterocycles. The lowest BCUT2D eigenvalue weighted by Crippen LogP contribution is -2.11. The molecule has 0 atom stereocenters. The van der Waals surface area contributed by atoms with Crippen molar-refractivity contribution in [3.05, 3.63) is 18.0 Å². The molecule has 0 saturated heterocycles. The van der Waals surface area contributed by atoms with Crippen molar-refractivity contribution in [1.82, 2.24) is 9.78 Å². The van der Waals surface area contributed by atoms with Gasteiger partial charge in [0.2, 0.25) is 0 Å². The molecule has 0 bridgehead atoms. The fraction of sp³-hybridized carbons (Fsp3) is 0.700. The first-order chi connectivity index (χ1) is 6.01. The van der Waals surface area contributed by atoms with E-state index < -0.39 is 0 Å². The molecule has 13 heavy (non-hydrogen) atoms. The molecule has 3 nitrogen and oxygen atoms in total. The summed E-state index contributed by atoms with van der Waals surface area (Å²) in [6.07, 6.45) is 3.13. The van der Waals surface area contributed by atoms with Crippen LogP contribution in [0.1, 0.15) is 32.9 Å². The molecular formula is C10H19N3. The van der Waals surface area contributed by atoms with Crippen molar-refractivity contribution in [3.8, 4) is 0 Å². The first-order valence-electron chi connectivity index (χ1n) is 4.74. The highest BCUT2D eigenvalue weighted by molar-refractivity contribution is 4.97. The van der Waals surface area contributed by atoms with Gasteiger partial charge in [0.05, 0.1) is 5.69 Å². The summed E-state index contributed by atoms with van der Waals surface area (Å²) in [4.78, 5) is 0. The number of aryl methyl sites for hydroxylation is 1. The third-order valence-corrected chi connectivity index (χ3v) is 2.00. The van der Waals surface area contributed by atoms with Gasteiger partial charge in [-0.15, -0.1) is 0 Å². The minimum atomic E-state index is 0.370. The molecule has 0 saturated carbocycles. The maximum atomic E-state index is 5.47. The van der Waals surface area contributed by atoms with Crippen LogP contribution in [0, 0.1) is 5.41 Å². The van der Waals surface area contributed by atoms with Crippen LogP contribution in [-0.2, 0) is 13.1 Å². The number of nitrogens with two attached hydrogens (primary N) is 1. The summed E-state index contributed by atoms with van der Waals surface area (Å²) in [6.45, 7) is 8.22. The van der Waals surface area contributed by atoms with E-state index in [0.717, 1.165) is 18.7 Å². The fourth-order valence-corrected chi connectivity index (χ4v) is 1.09. The van der Waals surface area contributed by atoms with Crippen LogP contribution in [0.3, 0.4) is 0 Å². The van der Waals surface area contributed by atoms with E-state index in [1.54, 1.807) is 0 Å². The molecule has 74 valence electrons. The Morgan fingerprint density at radius 3 is 2.62 bits per heavy atom. The maximum Gasteiger partial charge on any atom is 0.0760 e. The minimum absolute atomic E-state index is 0.370. The van der Waals surface area contributed by atoms with E-state index in [-0.39, 0.29) is 0 Å². The van der Waals surface area contributed by atoms with Gasteiger partial charge in [-0.2, -0.15) is 5.10 Å². The zero-order valence-corrected chi connectivity index (χ0v) is 8.75. The standard InChI is InChI=1S/C10H19N3/c1-10(2,3)5-7-13-6-4-9(8-11)12-13/h4,6H,5,7-8,11H2,1-3H3. The number of nitrogens with zero attached hydrogens (tertiary/aromatic N) is 2. The van der Waals surface area contributed by atoms with Gasteiger partial charge < -0.3 is 5.73 Å². The fourth-order valence-electron chi connectivity index (χ4n) is 1.09. The van der Waals surface area contributed by atoms with Crippen LogP contribution in [0.25, 0.3) is 0 Å². The van der Waals surface area contributed by atoms with E-state index >= 15 is 0 Å². The summed E-state index contributed by atoms with van der Waals surface area (Å²) >= 11 is 0. The smallest absolute Gasteiger partial charge is 0.0760 e. The van der Waals surface area contributed by atoms with Crippen molar-refractivity contribution in [2.24, 2.45) is 11.1 Å². The highest BCUT2D eigenvalue weighted by Crippen LogP contribution is 2.18. The molecule has 3 heteroatoms. The van der Waals surface area contributed by atoms with Gasteiger partial charge in [-0.25, -0.2) is 0 Å². The van der Waals surface area contributed by atoms with E-state index in [9.17, 15) is 0 Å². The van der Waals surface area contributed by atoms with Crippen LogP contribution < -0.4 is 5.73 Å². The van der Waals surface area contributed by atoms with E-state index in [0.29, 0.717) is 12.0 Å². The van der Waals surface area contributed by atoms with E-state index in [1.165, 1.54) is 0 Å². The second-order valence-corrected chi connectivity index (χ2v) is 4.58. The largest absolute Gasteiger partial charge is 0.325 e. The number of rotatable bonds is 3. The number of hydrogen-bond donors (Lipinski definition) is 1. The van der Waals surface area contributed by atoms with Gasteiger partial charge >= 0.3 is 0 Å².